The summed E-state index contributed by atoms with van der Waals surface area (Å²) in [6.45, 7) is 12.4. The van der Waals surface area contributed by atoms with Crippen LogP contribution in [0.1, 0.15) is 35.2 Å². The van der Waals surface area contributed by atoms with Crippen molar-refractivity contribution in [1.29, 1.82) is 0 Å². The lowest BCUT2D eigenvalue weighted by Gasteiger charge is -2.35. The number of phenolic OH excluding ortho intramolecular Hbond substituents is 1. The molecule has 1 atom stereocenters. The molecule has 1 aromatic carbocycles. The molecule has 0 aromatic heterocycles. The van der Waals surface area contributed by atoms with Crippen LogP contribution in [0.2, 0.25) is 5.02 Å². The molecule has 106 valence electrons. The van der Waals surface area contributed by atoms with Crippen LogP contribution in [0.15, 0.2) is 0 Å². The smallest absolute Gasteiger partial charge is 0.137 e. The van der Waals surface area contributed by atoms with Crippen molar-refractivity contribution >= 4 is 11.6 Å². The second-order valence-corrected chi connectivity index (χ2v) is 5.79. The molecule has 1 fully saturated rings. The molecule has 1 unspecified atom stereocenters. The highest BCUT2D eigenvalue weighted by Gasteiger charge is 2.24. The van der Waals surface area contributed by atoms with Gasteiger partial charge < -0.3 is 10.4 Å². The average molecular weight is 283 g/mol. The Balaban J connectivity index is 2.43. The van der Waals surface area contributed by atoms with Gasteiger partial charge in [0.25, 0.3) is 0 Å². The maximum absolute atomic E-state index is 10.0. The van der Waals surface area contributed by atoms with Crippen LogP contribution >= 0.6 is 11.6 Å². The summed E-state index contributed by atoms with van der Waals surface area (Å²) in [4.78, 5) is 2.47. The summed E-state index contributed by atoms with van der Waals surface area (Å²) in [5.74, 6) is 0.230. The molecule has 4 heteroatoms. The third kappa shape index (κ3) is 2.60. The third-order valence-corrected chi connectivity index (χ3v) is 4.84. The highest BCUT2D eigenvalue weighted by Crippen LogP contribution is 2.39. The van der Waals surface area contributed by atoms with Gasteiger partial charge in [0.2, 0.25) is 0 Å². The summed E-state index contributed by atoms with van der Waals surface area (Å²) >= 11 is 6.26. The Morgan fingerprint density at radius 3 is 2.26 bits per heavy atom. The van der Waals surface area contributed by atoms with E-state index in [0.29, 0.717) is 11.1 Å². The number of hydrogen-bond donors (Lipinski definition) is 2. The van der Waals surface area contributed by atoms with Crippen molar-refractivity contribution in [2.24, 2.45) is 0 Å². The molecule has 0 spiro atoms. The van der Waals surface area contributed by atoms with E-state index >= 15 is 0 Å². The number of halogens is 1. The maximum atomic E-state index is 10.0. The minimum absolute atomic E-state index is 0.230. The molecule has 0 saturated carbocycles. The molecule has 1 aromatic rings. The molecule has 0 radical (unpaired) electrons. The number of hydrogen-bond acceptors (Lipinski definition) is 3. The first kappa shape index (κ1) is 14.6. The molecule has 2 rings (SSSR count). The van der Waals surface area contributed by atoms with E-state index in [9.17, 15) is 5.11 Å². The first-order chi connectivity index (χ1) is 8.95. The zero-order valence-electron chi connectivity index (χ0n) is 12.2. The number of phenols is 1. The van der Waals surface area contributed by atoms with Crippen molar-refractivity contribution in [3.8, 4) is 5.75 Å². The van der Waals surface area contributed by atoms with Crippen LogP contribution in [0, 0.1) is 20.8 Å². The van der Waals surface area contributed by atoms with Crippen LogP contribution in [0.3, 0.4) is 0 Å². The van der Waals surface area contributed by atoms with Gasteiger partial charge in [-0.3, -0.25) is 4.90 Å². The van der Waals surface area contributed by atoms with E-state index in [1.807, 2.05) is 13.8 Å². The fourth-order valence-electron chi connectivity index (χ4n) is 3.00. The van der Waals surface area contributed by atoms with Crippen LogP contribution in [0.4, 0.5) is 0 Å². The Morgan fingerprint density at radius 1 is 1.11 bits per heavy atom. The molecule has 1 aliphatic rings. The minimum atomic E-state index is 0.230. The van der Waals surface area contributed by atoms with Gasteiger partial charge in [-0.2, -0.15) is 0 Å². The van der Waals surface area contributed by atoms with Crippen LogP contribution in [0.25, 0.3) is 0 Å². The summed E-state index contributed by atoms with van der Waals surface area (Å²) in [6.07, 6.45) is 0. The number of nitrogens with zero attached hydrogens (tertiary/aromatic N) is 1. The van der Waals surface area contributed by atoms with Gasteiger partial charge in [-0.05, 0) is 49.9 Å². The molecule has 19 heavy (non-hydrogen) atoms. The standard InChI is InChI=1S/C15H23ClN2O/c1-9-10(2)15(19)14(16)11(3)13(9)12(4)18-7-5-17-6-8-18/h12,17,19H,5-8H2,1-4H3. The van der Waals surface area contributed by atoms with Gasteiger partial charge in [-0.1, -0.05) is 11.6 Å². The van der Waals surface area contributed by atoms with Gasteiger partial charge in [0, 0.05) is 32.2 Å². The monoisotopic (exact) mass is 282 g/mol. The summed E-state index contributed by atoms with van der Waals surface area (Å²) in [6, 6.07) is 0.332. The second kappa shape index (κ2) is 5.70. The Hall–Kier alpha value is -0.770. The topological polar surface area (TPSA) is 35.5 Å². The fourth-order valence-corrected chi connectivity index (χ4v) is 3.24. The van der Waals surface area contributed by atoms with E-state index in [1.54, 1.807) is 0 Å². The second-order valence-electron chi connectivity index (χ2n) is 5.41. The predicted octanol–water partition coefficient (Wildman–Crippen LogP) is 2.94. The normalized spacial score (nSPS) is 18.6. The highest BCUT2D eigenvalue weighted by molar-refractivity contribution is 6.33. The SMILES string of the molecule is Cc1c(C)c(C(C)N2CCNCC2)c(C)c(Cl)c1O. The Labute approximate surface area is 120 Å². The molecule has 0 aliphatic carbocycles. The minimum Gasteiger partial charge on any atom is -0.506 e. The maximum Gasteiger partial charge on any atom is 0.137 e. The Kier molecular flexibility index (Phi) is 4.39. The molecule has 1 aliphatic heterocycles. The van der Waals surface area contributed by atoms with Crippen LogP contribution in [-0.4, -0.2) is 36.2 Å². The van der Waals surface area contributed by atoms with Crippen LogP contribution in [-0.2, 0) is 0 Å². The number of aromatic hydroxyl groups is 1. The van der Waals surface area contributed by atoms with Crippen LogP contribution in [0.5, 0.6) is 5.75 Å². The predicted molar refractivity (Wildman–Crippen MR) is 80.2 cm³/mol. The fraction of sp³-hybridized carbons (Fsp3) is 0.600. The molecular formula is C15H23ClN2O. The number of nitrogens with one attached hydrogen (secondary N) is 1. The van der Waals surface area contributed by atoms with E-state index in [0.717, 1.165) is 42.9 Å². The number of rotatable bonds is 2. The molecule has 2 N–H and O–H groups in total. The van der Waals surface area contributed by atoms with Crippen molar-refractivity contribution in [3.05, 3.63) is 27.3 Å². The molecular weight excluding hydrogens is 260 g/mol. The molecule has 0 bridgehead atoms. The number of benzene rings is 1. The van der Waals surface area contributed by atoms with Gasteiger partial charge in [-0.25, -0.2) is 0 Å². The molecule has 3 nitrogen and oxygen atoms in total. The Morgan fingerprint density at radius 2 is 1.68 bits per heavy atom. The average Bonchev–Trinajstić information content (AvgIpc) is 2.44. The largest absolute Gasteiger partial charge is 0.506 e. The first-order valence-electron chi connectivity index (χ1n) is 6.88. The molecule has 1 heterocycles. The van der Waals surface area contributed by atoms with Crippen molar-refractivity contribution in [3.63, 3.8) is 0 Å². The number of piperazine rings is 1. The lowest BCUT2D eigenvalue weighted by atomic mass is 9.91. The summed E-state index contributed by atoms with van der Waals surface area (Å²) < 4.78 is 0. The summed E-state index contributed by atoms with van der Waals surface area (Å²) in [7, 11) is 0. The van der Waals surface area contributed by atoms with Gasteiger partial charge in [0.05, 0.1) is 5.02 Å². The third-order valence-electron chi connectivity index (χ3n) is 4.38. The van der Waals surface area contributed by atoms with Crippen LogP contribution < -0.4 is 5.32 Å². The lowest BCUT2D eigenvalue weighted by Crippen LogP contribution is -2.44. The van der Waals surface area contributed by atoms with E-state index in [1.165, 1.54) is 5.56 Å². The van der Waals surface area contributed by atoms with E-state index in [-0.39, 0.29) is 5.75 Å². The summed E-state index contributed by atoms with van der Waals surface area (Å²) in [5, 5.41) is 13.9. The van der Waals surface area contributed by atoms with Gasteiger partial charge in [-0.15, -0.1) is 0 Å². The highest BCUT2D eigenvalue weighted by atomic mass is 35.5. The Bertz CT molecular complexity index is 453. The van der Waals surface area contributed by atoms with Gasteiger partial charge in [0.15, 0.2) is 0 Å². The molecule has 1 saturated heterocycles. The van der Waals surface area contributed by atoms with Gasteiger partial charge >= 0.3 is 0 Å². The first-order valence-corrected chi connectivity index (χ1v) is 7.25. The van der Waals surface area contributed by atoms with E-state index < -0.39 is 0 Å². The van der Waals surface area contributed by atoms with Crippen molar-refractivity contribution < 1.29 is 5.11 Å². The summed E-state index contributed by atoms with van der Waals surface area (Å²) in [5.41, 5.74) is 4.33. The quantitative estimate of drug-likeness (QED) is 0.875. The zero-order valence-corrected chi connectivity index (χ0v) is 12.9. The lowest BCUT2D eigenvalue weighted by molar-refractivity contribution is 0.184. The zero-order chi connectivity index (χ0) is 14.2. The van der Waals surface area contributed by atoms with Gasteiger partial charge in [0.1, 0.15) is 5.75 Å². The van der Waals surface area contributed by atoms with Crippen molar-refractivity contribution in [2.75, 3.05) is 26.2 Å². The van der Waals surface area contributed by atoms with E-state index in [2.05, 4.69) is 24.1 Å². The van der Waals surface area contributed by atoms with E-state index in [4.69, 9.17) is 11.6 Å². The van der Waals surface area contributed by atoms with Crippen molar-refractivity contribution in [1.82, 2.24) is 10.2 Å². The van der Waals surface area contributed by atoms with Crippen molar-refractivity contribution in [2.45, 2.75) is 33.7 Å². The molecule has 0 amide bonds.